The van der Waals surface area contributed by atoms with Crippen LogP contribution in [-0.4, -0.2) is 11.2 Å². The van der Waals surface area contributed by atoms with Gasteiger partial charge < -0.3 is 0 Å². The van der Waals surface area contributed by atoms with E-state index in [1.807, 2.05) is 0 Å². The van der Waals surface area contributed by atoms with E-state index in [1.54, 1.807) is 4.33 Å². The number of hydrogen-bond donors (Lipinski definition) is 2. The first-order valence-corrected chi connectivity index (χ1v) is 1.46. The van der Waals surface area contributed by atoms with Gasteiger partial charge in [0, 0.05) is 0 Å². The van der Waals surface area contributed by atoms with Crippen molar-refractivity contribution in [2.24, 2.45) is 0 Å². The first-order chi connectivity index (χ1) is 2.27. The van der Waals surface area contributed by atoms with Gasteiger partial charge in [0.15, 0.2) is 0 Å². The Bertz CT molecular complexity index is 44.9. The molecule has 2 N–H and O–H groups in total. The van der Waals surface area contributed by atoms with Gasteiger partial charge in [-0.05, 0) is 0 Å². The Morgan fingerprint density at radius 3 is 2.20 bits per heavy atom. The van der Waals surface area contributed by atoms with Gasteiger partial charge >= 0.3 is 36.6 Å². The summed E-state index contributed by atoms with van der Waals surface area (Å²) in [4.78, 5) is 9.21. The molecule has 0 aliphatic carbocycles. The minimum atomic E-state index is -1.08. The Labute approximate surface area is 37.4 Å². The van der Waals surface area contributed by atoms with E-state index in [1.165, 1.54) is 0 Å². The fourth-order valence-electron chi connectivity index (χ4n) is 0. The van der Waals surface area contributed by atoms with Crippen LogP contribution in [0.1, 0.15) is 0 Å². The maximum absolute atomic E-state index is 9.21. The van der Waals surface area contributed by atoms with Gasteiger partial charge in [-0.25, -0.2) is 0 Å². The minimum absolute atomic E-state index is 1.08. The molecule has 0 bridgehead atoms. The summed E-state index contributed by atoms with van der Waals surface area (Å²) in [5, 5.41) is 7.56. The number of hydrogen-bond acceptors (Lipinski definition) is 1. The second-order valence-electron chi connectivity index (χ2n) is 0.400. The predicted octanol–water partition coefficient (Wildman–Crippen LogP) is -0.284. The molecule has 0 rings (SSSR count). The summed E-state index contributed by atoms with van der Waals surface area (Å²) in [6.07, 6.45) is -1.08. The molecule has 5 heavy (non-hydrogen) atoms. The van der Waals surface area contributed by atoms with Gasteiger partial charge in [0.1, 0.15) is 0 Å². The summed E-state index contributed by atoms with van der Waals surface area (Å²) in [6.45, 7) is 0. The molecule has 0 aromatic carbocycles. The van der Waals surface area contributed by atoms with E-state index < -0.39 is 6.09 Å². The molecule has 0 atom stereocenters. The van der Waals surface area contributed by atoms with Crippen LogP contribution in [0.4, 0.5) is 4.79 Å². The van der Waals surface area contributed by atoms with Gasteiger partial charge in [0.2, 0.25) is 0 Å². The Kier molecular flexibility index (Phi) is 1.97. The molecule has 0 aliphatic rings. The van der Waals surface area contributed by atoms with Gasteiger partial charge in [0.25, 0.3) is 0 Å². The Balaban J connectivity index is 2.85. The average molecular weight is 115 g/mol. The quantitative estimate of drug-likeness (QED) is 0.426. The first kappa shape index (κ1) is 4.79. The van der Waals surface area contributed by atoms with Crippen LogP contribution in [0.3, 0.4) is 0 Å². The molecule has 3 nitrogen and oxygen atoms in total. The molecule has 0 aromatic rings. The van der Waals surface area contributed by atoms with Crippen LogP contribution in [0.5, 0.6) is 0 Å². The zero-order chi connectivity index (χ0) is 4.28. The van der Waals surface area contributed by atoms with Crippen LogP contribution < -0.4 is 4.33 Å². The Morgan fingerprint density at radius 1 is 2.00 bits per heavy atom. The van der Waals surface area contributed by atoms with Crippen molar-refractivity contribution in [2.45, 2.75) is 0 Å². The van der Waals surface area contributed by atoms with Crippen LogP contribution in [-0.2, 0) is 16.2 Å². The molecule has 30 valence electrons. The van der Waals surface area contributed by atoms with E-state index in [-0.39, 0.29) is 0 Å². The second kappa shape index (κ2) is 2.05. The summed E-state index contributed by atoms with van der Waals surface area (Å²) in [7, 11) is 0. The summed E-state index contributed by atoms with van der Waals surface area (Å²) in [5.41, 5.74) is 0. The molecule has 0 saturated heterocycles. The van der Waals surface area contributed by atoms with E-state index in [2.05, 4.69) is 16.2 Å². The van der Waals surface area contributed by atoms with Gasteiger partial charge in [-0.3, -0.25) is 0 Å². The number of nitrogens with one attached hydrogen (secondary N) is 1. The molecule has 0 spiro atoms. The summed E-state index contributed by atoms with van der Waals surface area (Å²) < 4.78 is 1.76. The standard InChI is InChI=1S/CH2NO2.Mn/c2-1(3)4;/h2H,(H,3,4);/q-1;+1. The third-order valence-electron chi connectivity index (χ3n) is 0.0808. The van der Waals surface area contributed by atoms with Crippen LogP contribution in [0.25, 0.3) is 0 Å². The Hall–Kier alpha value is -0.211. The van der Waals surface area contributed by atoms with E-state index in [4.69, 9.17) is 5.11 Å². The van der Waals surface area contributed by atoms with Gasteiger partial charge in [-0.15, -0.1) is 0 Å². The van der Waals surface area contributed by atoms with Crippen LogP contribution >= 0.6 is 0 Å². The molecular formula is CH2MnNO2. The van der Waals surface area contributed by atoms with Crippen molar-refractivity contribution in [1.82, 2.24) is 4.33 Å². The summed E-state index contributed by atoms with van der Waals surface area (Å²) >= 11 is 2.46. The normalized spacial score (nSPS) is 6.60. The third-order valence-corrected chi connectivity index (χ3v) is 0.333. The molecule has 0 unspecified atom stereocenters. The van der Waals surface area contributed by atoms with E-state index in [9.17, 15) is 4.79 Å². The molecule has 0 aromatic heterocycles. The van der Waals surface area contributed by atoms with Crippen molar-refractivity contribution >= 4 is 6.09 Å². The SMILES string of the molecule is O=C(O)[NH][Mn]. The fourth-order valence-corrected chi connectivity index (χ4v) is 0. The van der Waals surface area contributed by atoms with E-state index in [0.29, 0.717) is 0 Å². The molecule has 0 radical (unpaired) electrons. The molecular weight excluding hydrogens is 113 g/mol. The second-order valence-corrected chi connectivity index (χ2v) is 0.695. The van der Waals surface area contributed by atoms with Crippen molar-refractivity contribution in [1.29, 1.82) is 0 Å². The van der Waals surface area contributed by atoms with Gasteiger partial charge in [-0.1, -0.05) is 0 Å². The third kappa shape index (κ3) is 3.79. The van der Waals surface area contributed by atoms with Crippen LogP contribution in [0.2, 0.25) is 0 Å². The summed E-state index contributed by atoms with van der Waals surface area (Å²) in [5.74, 6) is 0. The van der Waals surface area contributed by atoms with Crippen LogP contribution in [0.15, 0.2) is 0 Å². The van der Waals surface area contributed by atoms with E-state index >= 15 is 0 Å². The summed E-state index contributed by atoms with van der Waals surface area (Å²) in [6, 6.07) is 0. The van der Waals surface area contributed by atoms with Crippen molar-refractivity contribution in [3.63, 3.8) is 0 Å². The molecule has 1 amide bonds. The molecule has 0 saturated carbocycles. The zero-order valence-electron chi connectivity index (χ0n) is 2.23. The Morgan fingerprint density at radius 2 is 2.20 bits per heavy atom. The molecule has 0 heterocycles. The van der Waals surface area contributed by atoms with Gasteiger partial charge in [-0.2, -0.15) is 0 Å². The first-order valence-electron chi connectivity index (χ1n) is 0.867. The van der Waals surface area contributed by atoms with Crippen molar-refractivity contribution < 1.29 is 26.1 Å². The average Bonchev–Trinajstić information content (AvgIpc) is 1.38. The fraction of sp³-hybridized carbons (Fsp3) is 0. The molecule has 0 fully saturated rings. The molecule has 0 aliphatic heterocycles. The van der Waals surface area contributed by atoms with Crippen molar-refractivity contribution in [2.75, 3.05) is 0 Å². The van der Waals surface area contributed by atoms with Gasteiger partial charge in [0.05, 0.1) is 0 Å². The number of amides is 1. The number of carbonyl (C=O) groups is 1. The number of rotatable bonds is 0. The van der Waals surface area contributed by atoms with Crippen molar-refractivity contribution in [3.8, 4) is 0 Å². The van der Waals surface area contributed by atoms with Crippen LogP contribution in [0, 0.1) is 0 Å². The van der Waals surface area contributed by atoms with Crippen molar-refractivity contribution in [3.05, 3.63) is 0 Å². The maximum atomic E-state index is 9.21. The molecule has 4 heteroatoms. The monoisotopic (exact) mass is 115 g/mol. The van der Waals surface area contributed by atoms with E-state index in [0.717, 1.165) is 0 Å². The predicted molar refractivity (Wildman–Crippen MR) is 11.2 cm³/mol. The number of carboxylic acid groups (broad SMARTS) is 1. The topological polar surface area (TPSA) is 49.3 Å². The zero-order valence-corrected chi connectivity index (χ0v) is 3.41.